The van der Waals surface area contributed by atoms with Gasteiger partial charge in [0, 0.05) is 62.8 Å². The van der Waals surface area contributed by atoms with Gasteiger partial charge in [0.25, 0.3) is 0 Å². The Morgan fingerprint density at radius 2 is 1.47 bits per heavy atom. The van der Waals surface area contributed by atoms with E-state index in [9.17, 15) is 15.0 Å². The molecule has 3 N–H and O–H groups in total. The van der Waals surface area contributed by atoms with E-state index in [1.807, 2.05) is 25.1 Å². The van der Waals surface area contributed by atoms with Crippen LogP contribution < -0.4 is 5.32 Å². The zero-order valence-electron chi connectivity index (χ0n) is 29.4. The molecule has 3 aliphatic heterocycles. The minimum Gasteiger partial charge on any atom is -0.479 e. The standard InChI is InChI=1S/C22H34N2O2S.C16H28N2O2/c1-16-12-18-8-6-7-9-19(18)13-24(16)14-22(26)21(23-17(2)25)15-27-20-10-4-3-5-11-20;1-11-7-13-5-3-4-6-14(13)8-18(11)9-16(19)15-10-20-12(2)17-15/h3-5,10-11,16,18-19,21-22,26H,6-9,12-15H2,1-2H3,(H,23,25);11,13-16,19H,3-10H2,1-2H3/t16-,18+,19-,21+,22-;11-,13+,14-,15+,16-/m11/s1. The van der Waals surface area contributed by atoms with Gasteiger partial charge in [0.1, 0.15) is 12.6 Å². The molecule has 3 heterocycles. The number of ether oxygens (including phenoxy) is 1. The van der Waals surface area contributed by atoms with Crippen LogP contribution in [0.15, 0.2) is 40.2 Å². The summed E-state index contributed by atoms with van der Waals surface area (Å²) in [5.74, 6) is 4.78. The van der Waals surface area contributed by atoms with Gasteiger partial charge in [-0.1, -0.05) is 56.7 Å². The number of thioether (sulfide) groups is 1. The van der Waals surface area contributed by atoms with Crippen LogP contribution >= 0.6 is 11.8 Å². The molecule has 0 unspecified atom stereocenters. The highest BCUT2D eigenvalue weighted by Crippen LogP contribution is 2.39. The summed E-state index contributed by atoms with van der Waals surface area (Å²) >= 11 is 1.69. The van der Waals surface area contributed by atoms with Crippen LogP contribution in [-0.4, -0.2) is 107 Å². The van der Waals surface area contributed by atoms with Gasteiger partial charge in [-0.3, -0.25) is 14.6 Å². The van der Waals surface area contributed by atoms with E-state index in [1.165, 1.54) is 77.7 Å². The van der Waals surface area contributed by atoms with Gasteiger partial charge in [0.2, 0.25) is 5.91 Å². The predicted molar refractivity (Wildman–Crippen MR) is 192 cm³/mol. The summed E-state index contributed by atoms with van der Waals surface area (Å²) in [4.78, 5) is 22.2. The van der Waals surface area contributed by atoms with Crippen molar-refractivity contribution in [3.8, 4) is 0 Å². The number of hydrogen-bond donors (Lipinski definition) is 3. The number of piperidine rings is 2. The van der Waals surface area contributed by atoms with Crippen molar-refractivity contribution in [2.75, 3.05) is 38.5 Å². The van der Waals surface area contributed by atoms with Crippen LogP contribution in [-0.2, 0) is 9.53 Å². The molecule has 0 bridgehead atoms. The fourth-order valence-corrected chi connectivity index (χ4v) is 10.00. The summed E-state index contributed by atoms with van der Waals surface area (Å²) in [5, 5.41) is 24.3. The molecule has 9 heteroatoms. The van der Waals surface area contributed by atoms with Crippen molar-refractivity contribution in [1.29, 1.82) is 0 Å². The minimum absolute atomic E-state index is 0.0636. The van der Waals surface area contributed by atoms with E-state index in [4.69, 9.17) is 4.74 Å². The van der Waals surface area contributed by atoms with E-state index < -0.39 is 12.2 Å². The number of fused-ring (bicyclic) bond motifs is 2. The second-order valence-electron chi connectivity index (χ2n) is 15.3. The molecule has 0 aromatic heterocycles. The van der Waals surface area contributed by atoms with Crippen LogP contribution in [0.1, 0.15) is 91.9 Å². The van der Waals surface area contributed by atoms with Crippen LogP contribution in [0.5, 0.6) is 0 Å². The number of aliphatic hydroxyl groups excluding tert-OH is 2. The topological polar surface area (TPSA) is 97.6 Å². The summed E-state index contributed by atoms with van der Waals surface area (Å²) in [5.41, 5.74) is 0. The van der Waals surface area contributed by atoms with E-state index in [0.29, 0.717) is 36.9 Å². The molecule has 0 radical (unpaired) electrons. The van der Waals surface area contributed by atoms with Crippen LogP contribution in [0.2, 0.25) is 0 Å². The molecule has 47 heavy (non-hydrogen) atoms. The average Bonchev–Trinajstić information content (AvgIpc) is 3.50. The molecular weight excluding hydrogens is 609 g/mol. The van der Waals surface area contributed by atoms with Crippen molar-refractivity contribution in [2.45, 2.75) is 133 Å². The van der Waals surface area contributed by atoms with Gasteiger partial charge in [0.15, 0.2) is 5.90 Å². The van der Waals surface area contributed by atoms with Crippen LogP contribution in [0.25, 0.3) is 0 Å². The summed E-state index contributed by atoms with van der Waals surface area (Å²) in [6, 6.07) is 11.0. The van der Waals surface area contributed by atoms with Crippen molar-refractivity contribution in [3.63, 3.8) is 0 Å². The Labute approximate surface area is 288 Å². The lowest BCUT2D eigenvalue weighted by atomic mass is 9.73. The molecule has 2 aliphatic carbocycles. The van der Waals surface area contributed by atoms with Crippen molar-refractivity contribution in [1.82, 2.24) is 15.1 Å². The molecule has 8 nitrogen and oxygen atoms in total. The van der Waals surface area contributed by atoms with Crippen molar-refractivity contribution < 1.29 is 19.7 Å². The number of aliphatic hydroxyl groups is 2. The molecule has 10 atom stereocenters. The smallest absolute Gasteiger partial charge is 0.217 e. The Hall–Kier alpha value is -1.65. The summed E-state index contributed by atoms with van der Waals surface area (Å²) in [7, 11) is 0. The molecular formula is C38H62N4O4S. The first-order valence-corrected chi connectivity index (χ1v) is 19.6. The fraction of sp³-hybridized carbons (Fsp3) is 0.789. The van der Waals surface area contributed by atoms with Crippen LogP contribution in [0.4, 0.5) is 0 Å². The van der Waals surface area contributed by atoms with E-state index in [1.54, 1.807) is 11.8 Å². The number of nitrogens with one attached hydrogen (secondary N) is 1. The molecule has 2 saturated carbocycles. The van der Waals surface area contributed by atoms with Gasteiger partial charge in [-0.25, -0.2) is 4.99 Å². The van der Waals surface area contributed by atoms with Crippen LogP contribution in [0.3, 0.4) is 0 Å². The van der Waals surface area contributed by atoms with Gasteiger partial charge >= 0.3 is 0 Å². The number of rotatable bonds is 10. The Kier molecular flexibility index (Phi) is 13.9. The monoisotopic (exact) mass is 670 g/mol. The largest absolute Gasteiger partial charge is 0.479 e. The van der Waals surface area contributed by atoms with E-state index in [0.717, 1.165) is 41.7 Å². The van der Waals surface area contributed by atoms with E-state index in [2.05, 4.69) is 46.1 Å². The lowest BCUT2D eigenvalue weighted by Gasteiger charge is -2.46. The molecule has 2 saturated heterocycles. The lowest BCUT2D eigenvalue weighted by molar-refractivity contribution is -0.120. The normalized spacial score (nSPS) is 33.1. The SMILES string of the molecule is CC(=O)N[C@@H](CSc1ccccc1)[C@H](O)CN1C[C@H]2CCCC[C@H]2C[C@H]1C.CC1=N[C@H]([C@H](O)CN2C[C@H]3CCCC[C@H]3C[C@H]2C)CO1. The Bertz CT molecular complexity index is 1140. The Morgan fingerprint density at radius 3 is 2.00 bits per heavy atom. The third-order valence-corrected chi connectivity index (χ3v) is 12.9. The molecule has 5 aliphatic rings. The minimum atomic E-state index is -0.548. The van der Waals surface area contributed by atoms with E-state index >= 15 is 0 Å². The van der Waals surface area contributed by atoms with Crippen LogP contribution in [0, 0.1) is 23.7 Å². The molecule has 1 aromatic carbocycles. The third kappa shape index (κ3) is 10.7. The second-order valence-corrected chi connectivity index (χ2v) is 16.4. The highest BCUT2D eigenvalue weighted by Gasteiger charge is 2.38. The predicted octanol–water partition coefficient (Wildman–Crippen LogP) is 5.61. The van der Waals surface area contributed by atoms with Gasteiger partial charge in [-0.2, -0.15) is 0 Å². The first kappa shape index (κ1) is 36.6. The number of hydrogen-bond acceptors (Lipinski definition) is 8. The number of β-amino-alcohol motifs (C(OH)–C–C–N with tert-alkyl or cyclic N) is 2. The highest BCUT2D eigenvalue weighted by atomic mass is 32.2. The van der Waals surface area contributed by atoms with Gasteiger partial charge in [-0.15, -0.1) is 11.8 Å². The molecule has 1 aromatic rings. The van der Waals surface area contributed by atoms with Gasteiger partial charge in [0.05, 0.1) is 18.2 Å². The van der Waals surface area contributed by atoms with Crippen molar-refractivity contribution in [3.05, 3.63) is 30.3 Å². The number of amides is 1. The summed E-state index contributed by atoms with van der Waals surface area (Å²) in [6.07, 6.45) is 12.7. The Morgan fingerprint density at radius 1 is 0.915 bits per heavy atom. The summed E-state index contributed by atoms with van der Waals surface area (Å²) < 4.78 is 5.36. The number of carbonyl (C=O) groups excluding carboxylic acids is 1. The summed E-state index contributed by atoms with van der Waals surface area (Å²) in [6.45, 7) is 12.2. The maximum Gasteiger partial charge on any atom is 0.217 e. The van der Waals surface area contributed by atoms with Crippen molar-refractivity contribution >= 4 is 23.6 Å². The molecule has 4 fully saturated rings. The number of nitrogens with zero attached hydrogens (tertiary/aromatic N) is 3. The number of carbonyl (C=O) groups is 1. The Balaban J connectivity index is 0.000000193. The van der Waals surface area contributed by atoms with Gasteiger partial charge < -0.3 is 20.3 Å². The quantitative estimate of drug-likeness (QED) is 0.279. The maximum absolute atomic E-state index is 11.7. The molecule has 264 valence electrons. The zero-order chi connectivity index (χ0) is 33.3. The molecule has 6 rings (SSSR count). The number of aliphatic imine (C=N–C) groups is 1. The number of benzene rings is 1. The first-order chi connectivity index (χ1) is 22.7. The third-order valence-electron chi connectivity index (χ3n) is 11.7. The molecule has 1 amide bonds. The lowest BCUT2D eigenvalue weighted by Crippen LogP contribution is -2.54. The fourth-order valence-electron chi connectivity index (χ4n) is 8.97. The van der Waals surface area contributed by atoms with E-state index in [-0.39, 0.29) is 18.0 Å². The van der Waals surface area contributed by atoms with Crippen molar-refractivity contribution in [2.24, 2.45) is 28.7 Å². The van der Waals surface area contributed by atoms with Gasteiger partial charge in [-0.05, 0) is 75.3 Å². The number of likely N-dealkylation sites (tertiary alicyclic amines) is 2. The second kappa shape index (κ2) is 17.8. The zero-order valence-corrected chi connectivity index (χ0v) is 30.3. The molecule has 0 spiro atoms. The highest BCUT2D eigenvalue weighted by molar-refractivity contribution is 7.99. The first-order valence-electron chi connectivity index (χ1n) is 18.6. The maximum atomic E-state index is 11.7. The average molecular weight is 671 g/mol.